The zero-order valence-corrected chi connectivity index (χ0v) is 21.8. The van der Waals surface area contributed by atoms with E-state index in [0.717, 1.165) is 24.8 Å². The van der Waals surface area contributed by atoms with E-state index in [2.05, 4.69) is 40.7 Å². The molecule has 1 heterocycles. The number of hydrogen-bond acceptors (Lipinski definition) is 6. The van der Waals surface area contributed by atoms with E-state index in [-0.39, 0.29) is 23.8 Å². The fourth-order valence-electron chi connectivity index (χ4n) is 5.36. The highest BCUT2D eigenvalue weighted by Gasteiger charge is 2.35. The van der Waals surface area contributed by atoms with Gasteiger partial charge < -0.3 is 29.8 Å². The maximum absolute atomic E-state index is 12.6. The van der Waals surface area contributed by atoms with Gasteiger partial charge in [0.05, 0.1) is 11.0 Å². The summed E-state index contributed by atoms with van der Waals surface area (Å²) in [4.78, 5) is 27.2. The lowest BCUT2D eigenvalue weighted by molar-refractivity contribution is -0.274. The lowest BCUT2D eigenvalue weighted by Crippen LogP contribution is -2.33. The van der Waals surface area contributed by atoms with Crippen LogP contribution in [-0.2, 0) is 9.59 Å². The third kappa shape index (κ3) is 7.55. The fraction of sp³-hybridized carbons (Fsp3) is 0.444. The maximum atomic E-state index is 12.6. The molecule has 2 atom stereocenters. The normalized spacial score (nSPS) is 18.9. The van der Waals surface area contributed by atoms with Crippen molar-refractivity contribution < 1.29 is 37.3 Å². The van der Waals surface area contributed by atoms with Gasteiger partial charge in [-0.1, -0.05) is 20.8 Å². The molecular weight excluding hydrogens is 517 g/mol. The molecule has 210 valence electrons. The van der Waals surface area contributed by atoms with Crippen molar-refractivity contribution in [3.05, 3.63) is 42.5 Å². The molecule has 2 unspecified atom stereocenters. The monoisotopic (exact) mass is 548 g/mol. The molecule has 12 heteroatoms. The molecule has 1 aliphatic rings. The minimum absolute atomic E-state index is 0.110. The number of benzene rings is 2. The van der Waals surface area contributed by atoms with Crippen molar-refractivity contribution in [2.75, 3.05) is 18.5 Å². The van der Waals surface area contributed by atoms with Gasteiger partial charge in [0.2, 0.25) is 5.95 Å². The Bertz CT molecular complexity index is 1340. The highest BCUT2D eigenvalue weighted by molar-refractivity contribution is 5.83. The number of aromatic nitrogens is 2. The quantitative estimate of drug-likeness (QED) is 0.317. The molecule has 1 saturated carbocycles. The number of halogens is 3. The SMILES string of the molecule is CC1CC(n2c(Nc3ccc(OC(F)(F)F)cc3)nc3cc(OCC(=O)NCC(=O)O)ccc32)CC(C)(C)C1. The lowest BCUT2D eigenvalue weighted by atomic mass is 9.70. The predicted molar refractivity (Wildman–Crippen MR) is 138 cm³/mol. The molecule has 0 spiro atoms. The largest absolute Gasteiger partial charge is 0.573 e. The van der Waals surface area contributed by atoms with Crippen molar-refractivity contribution in [3.8, 4) is 11.5 Å². The average Bonchev–Trinajstić information content (AvgIpc) is 3.17. The second-order valence-corrected chi connectivity index (χ2v) is 10.7. The molecule has 1 fully saturated rings. The number of amides is 1. The van der Waals surface area contributed by atoms with Gasteiger partial charge in [0, 0.05) is 17.8 Å². The van der Waals surface area contributed by atoms with E-state index in [1.165, 1.54) is 24.3 Å². The summed E-state index contributed by atoms with van der Waals surface area (Å²) < 4.78 is 49.3. The van der Waals surface area contributed by atoms with E-state index < -0.39 is 24.8 Å². The second kappa shape index (κ2) is 11.0. The predicted octanol–water partition coefficient (Wildman–Crippen LogP) is 5.65. The smallest absolute Gasteiger partial charge is 0.484 e. The van der Waals surface area contributed by atoms with Crippen LogP contribution in [0.3, 0.4) is 0 Å². The topological polar surface area (TPSA) is 115 Å². The number of fused-ring (bicyclic) bond motifs is 1. The van der Waals surface area contributed by atoms with E-state index >= 15 is 0 Å². The zero-order chi connectivity index (χ0) is 28.4. The van der Waals surface area contributed by atoms with Gasteiger partial charge in [-0.2, -0.15) is 0 Å². The van der Waals surface area contributed by atoms with Crippen LogP contribution in [0.2, 0.25) is 0 Å². The number of nitrogens with zero attached hydrogens (tertiary/aromatic N) is 2. The van der Waals surface area contributed by atoms with Gasteiger partial charge in [0.25, 0.3) is 5.91 Å². The first kappa shape index (κ1) is 28.1. The Morgan fingerprint density at radius 3 is 2.46 bits per heavy atom. The average molecular weight is 549 g/mol. The zero-order valence-electron chi connectivity index (χ0n) is 21.8. The van der Waals surface area contributed by atoms with Crippen molar-refractivity contribution >= 4 is 34.5 Å². The number of anilines is 2. The number of imidazole rings is 1. The number of ether oxygens (including phenoxy) is 2. The van der Waals surface area contributed by atoms with Crippen LogP contribution in [0.15, 0.2) is 42.5 Å². The molecule has 2 aromatic carbocycles. The van der Waals surface area contributed by atoms with Crippen LogP contribution in [0.1, 0.15) is 46.1 Å². The number of aliphatic carboxylic acids is 1. The third-order valence-electron chi connectivity index (χ3n) is 6.54. The molecule has 1 aromatic heterocycles. The van der Waals surface area contributed by atoms with Crippen molar-refractivity contribution in [3.63, 3.8) is 0 Å². The van der Waals surface area contributed by atoms with Gasteiger partial charge in [0.1, 0.15) is 18.0 Å². The number of carbonyl (C=O) groups is 2. The molecule has 1 aliphatic carbocycles. The van der Waals surface area contributed by atoms with Crippen LogP contribution in [-0.4, -0.2) is 46.0 Å². The van der Waals surface area contributed by atoms with Crippen LogP contribution in [0.5, 0.6) is 11.5 Å². The highest BCUT2D eigenvalue weighted by atomic mass is 19.4. The summed E-state index contributed by atoms with van der Waals surface area (Å²) in [6.45, 7) is 5.84. The van der Waals surface area contributed by atoms with Crippen LogP contribution >= 0.6 is 0 Å². The van der Waals surface area contributed by atoms with E-state index in [4.69, 9.17) is 14.8 Å². The minimum Gasteiger partial charge on any atom is -0.484 e. The van der Waals surface area contributed by atoms with Gasteiger partial charge in [-0.15, -0.1) is 13.2 Å². The fourth-order valence-corrected chi connectivity index (χ4v) is 5.36. The molecular formula is C27H31F3N4O5. The van der Waals surface area contributed by atoms with Crippen molar-refractivity contribution in [2.45, 2.75) is 52.4 Å². The molecule has 3 aromatic rings. The Morgan fingerprint density at radius 2 is 1.82 bits per heavy atom. The van der Waals surface area contributed by atoms with Gasteiger partial charge in [0.15, 0.2) is 6.61 Å². The summed E-state index contributed by atoms with van der Waals surface area (Å²) >= 11 is 0. The summed E-state index contributed by atoms with van der Waals surface area (Å²) in [5, 5.41) is 14.2. The van der Waals surface area contributed by atoms with Crippen LogP contribution in [0.4, 0.5) is 24.8 Å². The molecule has 4 rings (SSSR count). The number of hydrogen-bond donors (Lipinski definition) is 3. The molecule has 0 radical (unpaired) electrons. The molecule has 0 aliphatic heterocycles. The third-order valence-corrected chi connectivity index (χ3v) is 6.54. The van der Waals surface area contributed by atoms with E-state index in [1.54, 1.807) is 12.1 Å². The molecule has 3 N–H and O–H groups in total. The first-order valence-corrected chi connectivity index (χ1v) is 12.5. The van der Waals surface area contributed by atoms with Gasteiger partial charge in [-0.05, 0) is 67.0 Å². The number of alkyl halides is 3. The number of carboxylic acid groups (broad SMARTS) is 1. The van der Waals surface area contributed by atoms with Crippen molar-refractivity contribution in [1.29, 1.82) is 0 Å². The second-order valence-electron chi connectivity index (χ2n) is 10.7. The van der Waals surface area contributed by atoms with Crippen LogP contribution in [0.25, 0.3) is 11.0 Å². The lowest BCUT2D eigenvalue weighted by Gasteiger charge is -2.40. The van der Waals surface area contributed by atoms with Crippen molar-refractivity contribution in [1.82, 2.24) is 14.9 Å². The van der Waals surface area contributed by atoms with Gasteiger partial charge in [-0.25, -0.2) is 4.98 Å². The Balaban J connectivity index is 1.63. The van der Waals surface area contributed by atoms with Crippen molar-refractivity contribution in [2.24, 2.45) is 11.3 Å². The van der Waals surface area contributed by atoms with E-state index in [1.807, 2.05) is 6.07 Å². The summed E-state index contributed by atoms with van der Waals surface area (Å²) in [7, 11) is 0. The number of carbonyl (C=O) groups excluding carboxylic acids is 1. The Morgan fingerprint density at radius 1 is 1.13 bits per heavy atom. The minimum atomic E-state index is -4.77. The van der Waals surface area contributed by atoms with E-state index in [9.17, 15) is 22.8 Å². The molecule has 9 nitrogen and oxygen atoms in total. The molecule has 0 bridgehead atoms. The first-order valence-electron chi connectivity index (χ1n) is 12.5. The molecule has 1 amide bonds. The molecule has 39 heavy (non-hydrogen) atoms. The number of carboxylic acids is 1. The maximum Gasteiger partial charge on any atom is 0.573 e. The number of rotatable bonds is 9. The Kier molecular flexibility index (Phi) is 7.94. The summed E-state index contributed by atoms with van der Waals surface area (Å²) in [6, 6.07) is 10.8. The van der Waals surface area contributed by atoms with Gasteiger partial charge >= 0.3 is 12.3 Å². The first-order chi connectivity index (χ1) is 18.3. The summed E-state index contributed by atoms with van der Waals surface area (Å²) in [5.41, 5.74) is 2.09. The highest BCUT2D eigenvalue weighted by Crippen LogP contribution is 2.46. The van der Waals surface area contributed by atoms with Crippen LogP contribution < -0.4 is 20.1 Å². The molecule has 0 saturated heterocycles. The summed E-state index contributed by atoms with van der Waals surface area (Å²) in [6.07, 6.45) is -1.83. The van der Waals surface area contributed by atoms with E-state index in [0.29, 0.717) is 28.8 Å². The summed E-state index contributed by atoms with van der Waals surface area (Å²) in [5.74, 6) is -0.649. The number of nitrogens with one attached hydrogen (secondary N) is 2. The Hall–Kier alpha value is -3.96. The Labute approximate surface area is 223 Å². The van der Waals surface area contributed by atoms with Gasteiger partial charge in [-0.3, -0.25) is 9.59 Å². The van der Waals surface area contributed by atoms with Crippen LogP contribution in [0, 0.1) is 11.3 Å². The standard InChI is InChI=1S/C27H31F3N4O5/c1-16-10-18(13-26(2,3)12-16)34-22-9-8-20(38-15-23(35)31-14-24(36)37)11-21(22)33-25(34)32-17-4-6-19(7-5-17)39-27(28,29)30/h4-9,11,16,18H,10,12-15H2,1-3H3,(H,31,35)(H,32,33)(H,36,37).